The molecule has 1 fully saturated rings. The van der Waals surface area contributed by atoms with E-state index in [2.05, 4.69) is 22.1 Å². The summed E-state index contributed by atoms with van der Waals surface area (Å²) in [6, 6.07) is 21.0. The van der Waals surface area contributed by atoms with Gasteiger partial charge in [0.2, 0.25) is 11.8 Å². The van der Waals surface area contributed by atoms with Gasteiger partial charge in [-0.15, -0.1) is 0 Å². The summed E-state index contributed by atoms with van der Waals surface area (Å²) in [5.74, 6) is -2.27. The van der Waals surface area contributed by atoms with E-state index in [0.717, 1.165) is 29.3 Å². The lowest BCUT2D eigenvalue weighted by Gasteiger charge is -2.26. The smallest absolute Gasteiger partial charge is 0.247 e. The van der Waals surface area contributed by atoms with Crippen LogP contribution in [-0.2, 0) is 16.1 Å². The molecule has 43 heavy (non-hydrogen) atoms. The quantitative estimate of drug-likeness (QED) is 0.214. The highest BCUT2D eigenvalue weighted by Gasteiger charge is 2.57. The molecule has 0 bridgehead atoms. The van der Waals surface area contributed by atoms with Crippen molar-refractivity contribution in [1.29, 1.82) is 0 Å². The van der Waals surface area contributed by atoms with Crippen LogP contribution in [0, 0.1) is 17.0 Å². The zero-order valence-electron chi connectivity index (χ0n) is 23.6. The first-order valence-corrected chi connectivity index (χ1v) is 13.7. The van der Waals surface area contributed by atoms with Gasteiger partial charge in [-0.25, -0.2) is 13.3 Å². The summed E-state index contributed by atoms with van der Waals surface area (Å²) in [5.41, 5.74) is 8.24. The number of anilines is 2. The van der Waals surface area contributed by atoms with Gasteiger partial charge in [0.1, 0.15) is 16.7 Å². The third-order valence-corrected chi connectivity index (χ3v) is 7.57. The number of hydrogen-bond donors (Lipinski definition) is 1. The molecule has 0 atom stereocenters. The van der Waals surface area contributed by atoms with Gasteiger partial charge in [0.25, 0.3) is 0 Å². The van der Waals surface area contributed by atoms with Gasteiger partial charge < -0.3 is 15.4 Å². The first kappa shape index (κ1) is 28.0. The van der Waals surface area contributed by atoms with Crippen molar-refractivity contribution in [3.05, 3.63) is 108 Å². The van der Waals surface area contributed by atoms with E-state index >= 15 is 4.39 Å². The largest absolute Gasteiger partial charge is 0.452 e. The predicted octanol–water partition coefficient (Wildman–Crippen LogP) is 6.06. The second-order valence-corrected chi connectivity index (χ2v) is 10.9. The molecule has 0 radical (unpaired) electrons. The lowest BCUT2D eigenvalue weighted by molar-refractivity contribution is -0.133. The number of hydrogen-bond acceptors (Lipinski definition) is 5. The number of rotatable bonds is 9. The van der Waals surface area contributed by atoms with E-state index in [1.807, 2.05) is 38.5 Å². The van der Waals surface area contributed by atoms with E-state index in [9.17, 15) is 14.0 Å². The molecular formula is C33H29F2N5O3. The summed E-state index contributed by atoms with van der Waals surface area (Å²) in [4.78, 5) is 29.0. The Morgan fingerprint density at radius 2 is 1.70 bits per heavy atom. The highest BCUT2D eigenvalue weighted by molar-refractivity contribution is 6.16. The Labute approximate surface area is 246 Å². The van der Waals surface area contributed by atoms with Crippen molar-refractivity contribution in [2.75, 3.05) is 19.0 Å². The molecule has 10 heteroatoms. The monoisotopic (exact) mass is 581 g/mol. The molecule has 2 heterocycles. The third-order valence-electron chi connectivity index (χ3n) is 7.57. The molecular weight excluding hydrogens is 552 g/mol. The highest BCUT2D eigenvalue weighted by Crippen LogP contribution is 2.49. The minimum Gasteiger partial charge on any atom is -0.452 e. The van der Waals surface area contributed by atoms with Crippen LogP contribution >= 0.6 is 0 Å². The Morgan fingerprint density at radius 3 is 2.37 bits per heavy atom. The number of aromatic nitrogens is 2. The molecule has 0 unspecified atom stereocenters. The van der Waals surface area contributed by atoms with Crippen LogP contribution in [0.15, 0.2) is 91.3 Å². The molecule has 1 saturated carbocycles. The number of primary amides is 1. The molecule has 2 aromatic heterocycles. The number of nitrogens with zero attached hydrogens (tertiary/aromatic N) is 4. The van der Waals surface area contributed by atoms with Crippen LogP contribution < -0.4 is 15.4 Å². The van der Waals surface area contributed by atoms with Gasteiger partial charge in [-0.3, -0.25) is 14.5 Å². The normalized spacial score (nSPS) is 13.7. The Hall–Kier alpha value is -5.09. The summed E-state index contributed by atoms with van der Waals surface area (Å²) in [6.45, 7) is 0.775. The lowest BCUT2D eigenvalue weighted by atomic mass is 10.0. The second kappa shape index (κ2) is 11.0. The standard InChI is InChI=1S/C33H29F2N5O3/c1-38(2)20-21-4-3-5-22(18-21)26-13-17-39-30(26)29(12-16-37-39)43-28-11-10-25(19-27(28)35)40(24-8-6-23(34)7-9-24)32(42)33(14-15-33)31(36)41/h3-13,16-19H,14-15,20H2,1-2H3,(H2,36,41). The molecule has 8 nitrogen and oxygen atoms in total. The molecule has 0 saturated heterocycles. The summed E-state index contributed by atoms with van der Waals surface area (Å²) in [7, 11) is 4.01. The summed E-state index contributed by atoms with van der Waals surface area (Å²) in [6.07, 6.45) is 3.96. The molecule has 0 spiro atoms. The van der Waals surface area contributed by atoms with Crippen LogP contribution in [0.5, 0.6) is 11.5 Å². The number of amides is 2. The molecule has 218 valence electrons. The molecule has 2 N–H and O–H groups in total. The van der Waals surface area contributed by atoms with E-state index in [4.69, 9.17) is 10.5 Å². The first-order chi connectivity index (χ1) is 20.7. The van der Waals surface area contributed by atoms with Crippen LogP contribution in [0.4, 0.5) is 20.2 Å². The Morgan fingerprint density at radius 1 is 0.953 bits per heavy atom. The molecule has 2 amide bonds. The van der Waals surface area contributed by atoms with Crippen molar-refractivity contribution in [3.63, 3.8) is 0 Å². The number of nitrogens with two attached hydrogens (primary N) is 1. The van der Waals surface area contributed by atoms with Crippen LogP contribution in [0.2, 0.25) is 0 Å². The molecule has 3 aromatic carbocycles. The van der Waals surface area contributed by atoms with Gasteiger partial charge in [0.15, 0.2) is 17.3 Å². The number of benzene rings is 3. The molecule has 6 rings (SSSR count). The maximum absolute atomic E-state index is 15.7. The van der Waals surface area contributed by atoms with Crippen molar-refractivity contribution in [1.82, 2.24) is 14.5 Å². The lowest BCUT2D eigenvalue weighted by Crippen LogP contribution is -2.41. The van der Waals surface area contributed by atoms with Gasteiger partial charge in [-0.2, -0.15) is 5.10 Å². The third kappa shape index (κ3) is 5.32. The average molecular weight is 582 g/mol. The van der Waals surface area contributed by atoms with Crippen molar-refractivity contribution in [2.45, 2.75) is 19.4 Å². The molecule has 1 aliphatic rings. The van der Waals surface area contributed by atoms with E-state index in [0.29, 0.717) is 11.3 Å². The molecule has 1 aliphatic carbocycles. The van der Waals surface area contributed by atoms with Gasteiger partial charge in [-0.1, -0.05) is 18.2 Å². The fourth-order valence-corrected chi connectivity index (χ4v) is 5.24. The van der Waals surface area contributed by atoms with Crippen LogP contribution in [0.25, 0.3) is 16.6 Å². The Balaban J connectivity index is 1.36. The fraction of sp³-hybridized carbons (Fsp3) is 0.182. The Kier molecular flexibility index (Phi) is 7.15. The summed E-state index contributed by atoms with van der Waals surface area (Å²) < 4.78 is 37.1. The van der Waals surface area contributed by atoms with Gasteiger partial charge in [0, 0.05) is 36.1 Å². The maximum atomic E-state index is 15.7. The SMILES string of the molecule is CN(C)Cc1cccc(-c2ccn3nccc(Oc4ccc(N(C(=O)C5(C(N)=O)CC5)c5ccc(F)cc5)cc4F)c23)c1. The minimum atomic E-state index is -1.38. The van der Waals surface area contributed by atoms with Crippen molar-refractivity contribution < 1.29 is 23.1 Å². The van der Waals surface area contributed by atoms with Crippen LogP contribution in [-0.4, -0.2) is 40.4 Å². The van der Waals surface area contributed by atoms with Gasteiger partial charge in [0.05, 0.1) is 11.9 Å². The summed E-state index contributed by atoms with van der Waals surface area (Å²) >= 11 is 0. The number of halogens is 2. The maximum Gasteiger partial charge on any atom is 0.247 e. The number of fused-ring (bicyclic) bond motifs is 1. The molecule has 5 aromatic rings. The Bertz CT molecular complexity index is 1850. The average Bonchev–Trinajstić information content (AvgIpc) is 3.68. The minimum absolute atomic E-state index is 0.0760. The topological polar surface area (TPSA) is 93.2 Å². The van der Waals surface area contributed by atoms with Crippen LogP contribution in [0.1, 0.15) is 18.4 Å². The van der Waals surface area contributed by atoms with E-state index in [-0.39, 0.29) is 30.0 Å². The van der Waals surface area contributed by atoms with Crippen molar-refractivity contribution in [2.24, 2.45) is 11.1 Å². The van der Waals surface area contributed by atoms with Crippen molar-refractivity contribution >= 4 is 28.7 Å². The van der Waals surface area contributed by atoms with Gasteiger partial charge >= 0.3 is 0 Å². The van der Waals surface area contributed by atoms with Gasteiger partial charge in [-0.05, 0) is 86.6 Å². The summed E-state index contributed by atoms with van der Waals surface area (Å²) in [5, 5.41) is 4.39. The number of carbonyl (C=O) groups excluding carboxylic acids is 2. The van der Waals surface area contributed by atoms with Crippen molar-refractivity contribution in [3.8, 4) is 22.6 Å². The van der Waals surface area contributed by atoms with E-state index < -0.39 is 28.9 Å². The fourth-order valence-electron chi connectivity index (χ4n) is 5.24. The van der Waals surface area contributed by atoms with Crippen LogP contribution in [0.3, 0.4) is 0 Å². The second-order valence-electron chi connectivity index (χ2n) is 10.9. The molecule has 0 aliphatic heterocycles. The number of ether oxygens (including phenoxy) is 1. The zero-order valence-corrected chi connectivity index (χ0v) is 23.6. The first-order valence-electron chi connectivity index (χ1n) is 13.7. The number of carbonyl (C=O) groups is 2. The van der Waals surface area contributed by atoms with E-state index in [1.54, 1.807) is 16.8 Å². The highest BCUT2D eigenvalue weighted by atomic mass is 19.1. The predicted molar refractivity (Wildman–Crippen MR) is 159 cm³/mol. The van der Waals surface area contributed by atoms with E-state index in [1.165, 1.54) is 41.3 Å². The zero-order chi connectivity index (χ0) is 30.3.